The molecule has 0 aliphatic heterocycles. The van der Waals surface area contributed by atoms with Gasteiger partial charge in [-0.25, -0.2) is 0 Å². The van der Waals surface area contributed by atoms with Crippen LogP contribution in [0.1, 0.15) is 30.0 Å². The Morgan fingerprint density at radius 3 is 2.89 bits per heavy atom. The number of aromatic nitrogens is 3. The molecule has 96 valence electrons. The fourth-order valence-electron chi connectivity index (χ4n) is 1.94. The van der Waals surface area contributed by atoms with E-state index in [2.05, 4.69) is 26.0 Å². The molecular formula is C13H16BrN3O. The normalized spacial score (nSPS) is 12.7. The zero-order valence-electron chi connectivity index (χ0n) is 10.5. The van der Waals surface area contributed by atoms with Gasteiger partial charge in [-0.2, -0.15) is 5.10 Å². The molecule has 0 aliphatic rings. The second kappa shape index (κ2) is 5.63. The summed E-state index contributed by atoms with van der Waals surface area (Å²) in [5, 5.41) is 14.6. The number of aliphatic hydroxyl groups is 1. The van der Waals surface area contributed by atoms with Crippen LogP contribution in [0.2, 0.25) is 0 Å². The van der Waals surface area contributed by atoms with Crippen molar-refractivity contribution in [1.82, 2.24) is 14.8 Å². The standard InChI is InChI=1S/C13H16BrN3O/c1-3-17-11(13(14)9(2)16-17)7-12(18)10-5-4-6-15-8-10/h4-6,8,12,18H,3,7H2,1-2H3. The Bertz CT molecular complexity index is 525. The summed E-state index contributed by atoms with van der Waals surface area (Å²) in [5.41, 5.74) is 2.79. The Morgan fingerprint density at radius 2 is 2.28 bits per heavy atom. The summed E-state index contributed by atoms with van der Waals surface area (Å²) in [6.45, 7) is 4.79. The van der Waals surface area contributed by atoms with Gasteiger partial charge in [-0.15, -0.1) is 0 Å². The molecule has 0 saturated carbocycles. The summed E-state index contributed by atoms with van der Waals surface area (Å²) in [6.07, 6.45) is 3.36. The number of hydrogen-bond donors (Lipinski definition) is 1. The largest absolute Gasteiger partial charge is 0.388 e. The SMILES string of the molecule is CCn1nc(C)c(Br)c1CC(O)c1cccnc1. The first-order chi connectivity index (χ1) is 8.63. The van der Waals surface area contributed by atoms with Gasteiger partial charge in [0.2, 0.25) is 0 Å². The molecule has 2 rings (SSSR count). The third-order valence-corrected chi connectivity index (χ3v) is 3.94. The van der Waals surface area contributed by atoms with E-state index in [9.17, 15) is 5.11 Å². The Hall–Kier alpha value is -1.20. The van der Waals surface area contributed by atoms with Crippen LogP contribution in [0.3, 0.4) is 0 Å². The van der Waals surface area contributed by atoms with Gasteiger partial charge in [-0.3, -0.25) is 9.67 Å². The first-order valence-corrected chi connectivity index (χ1v) is 6.72. The van der Waals surface area contributed by atoms with Crippen LogP contribution >= 0.6 is 15.9 Å². The minimum Gasteiger partial charge on any atom is -0.388 e. The molecule has 1 atom stereocenters. The summed E-state index contributed by atoms with van der Waals surface area (Å²) >= 11 is 3.53. The highest BCUT2D eigenvalue weighted by Crippen LogP contribution is 2.26. The molecule has 0 aromatic carbocycles. The van der Waals surface area contributed by atoms with E-state index in [-0.39, 0.29) is 0 Å². The summed E-state index contributed by atoms with van der Waals surface area (Å²) in [5.74, 6) is 0. The second-order valence-electron chi connectivity index (χ2n) is 4.17. The Labute approximate surface area is 115 Å². The van der Waals surface area contributed by atoms with Gasteiger partial charge in [0.1, 0.15) is 0 Å². The minimum atomic E-state index is -0.559. The Morgan fingerprint density at radius 1 is 1.50 bits per heavy atom. The molecule has 0 spiro atoms. The van der Waals surface area contributed by atoms with Gasteiger partial charge >= 0.3 is 0 Å². The van der Waals surface area contributed by atoms with Crippen molar-refractivity contribution in [3.63, 3.8) is 0 Å². The molecule has 2 aromatic rings. The smallest absolute Gasteiger partial charge is 0.0860 e. The summed E-state index contributed by atoms with van der Waals surface area (Å²) in [4.78, 5) is 4.02. The van der Waals surface area contributed by atoms with E-state index in [1.807, 2.05) is 30.7 Å². The first-order valence-electron chi connectivity index (χ1n) is 5.93. The lowest BCUT2D eigenvalue weighted by molar-refractivity contribution is 0.175. The lowest BCUT2D eigenvalue weighted by atomic mass is 10.1. The van der Waals surface area contributed by atoms with Crippen molar-refractivity contribution in [2.24, 2.45) is 0 Å². The van der Waals surface area contributed by atoms with Crippen LogP contribution in [0.25, 0.3) is 0 Å². The van der Waals surface area contributed by atoms with E-state index >= 15 is 0 Å². The topological polar surface area (TPSA) is 50.9 Å². The van der Waals surface area contributed by atoms with Crippen molar-refractivity contribution in [2.75, 3.05) is 0 Å². The number of aryl methyl sites for hydroxylation is 2. The average Bonchev–Trinajstić information content (AvgIpc) is 2.67. The third kappa shape index (κ3) is 2.62. The Balaban J connectivity index is 2.24. The maximum atomic E-state index is 10.2. The zero-order valence-corrected chi connectivity index (χ0v) is 12.1. The minimum absolute atomic E-state index is 0.529. The maximum Gasteiger partial charge on any atom is 0.0860 e. The quantitative estimate of drug-likeness (QED) is 0.944. The number of aliphatic hydroxyl groups excluding tert-OH is 1. The molecule has 5 heteroatoms. The van der Waals surface area contributed by atoms with Crippen LogP contribution in [-0.4, -0.2) is 19.9 Å². The summed E-state index contributed by atoms with van der Waals surface area (Å²) < 4.78 is 2.89. The molecular weight excluding hydrogens is 294 g/mol. The number of pyridine rings is 1. The van der Waals surface area contributed by atoms with Crippen molar-refractivity contribution in [3.05, 3.63) is 46.0 Å². The number of hydrogen-bond acceptors (Lipinski definition) is 3. The van der Waals surface area contributed by atoms with E-state index in [1.54, 1.807) is 12.4 Å². The van der Waals surface area contributed by atoms with Crippen molar-refractivity contribution < 1.29 is 5.11 Å². The van der Waals surface area contributed by atoms with Gasteiger partial charge in [-0.1, -0.05) is 6.07 Å². The lowest BCUT2D eigenvalue weighted by Gasteiger charge is -2.12. The van der Waals surface area contributed by atoms with Gasteiger partial charge in [0.05, 0.1) is 22.0 Å². The van der Waals surface area contributed by atoms with Crippen LogP contribution in [0.15, 0.2) is 29.0 Å². The number of halogens is 1. The van der Waals surface area contributed by atoms with E-state index < -0.39 is 6.10 Å². The third-order valence-electron chi connectivity index (χ3n) is 2.91. The van der Waals surface area contributed by atoms with Crippen molar-refractivity contribution in [1.29, 1.82) is 0 Å². The van der Waals surface area contributed by atoms with Crippen LogP contribution in [-0.2, 0) is 13.0 Å². The molecule has 2 heterocycles. The van der Waals surface area contributed by atoms with Gasteiger partial charge < -0.3 is 5.11 Å². The van der Waals surface area contributed by atoms with E-state index in [0.29, 0.717) is 6.42 Å². The molecule has 0 aliphatic carbocycles. The average molecular weight is 310 g/mol. The molecule has 0 radical (unpaired) electrons. The molecule has 0 amide bonds. The van der Waals surface area contributed by atoms with Gasteiger partial charge in [0.25, 0.3) is 0 Å². The summed E-state index contributed by atoms with van der Waals surface area (Å²) in [7, 11) is 0. The van der Waals surface area contributed by atoms with Crippen LogP contribution < -0.4 is 0 Å². The van der Waals surface area contributed by atoms with E-state index in [0.717, 1.165) is 28.0 Å². The molecule has 0 fully saturated rings. The molecule has 18 heavy (non-hydrogen) atoms. The summed E-state index contributed by atoms with van der Waals surface area (Å²) in [6, 6.07) is 3.71. The highest BCUT2D eigenvalue weighted by Gasteiger charge is 2.17. The van der Waals surface area contributed by atoms with E-state index in [1.165, 1.54) is 0 Å². The fraction of sp³-hybridized carbons (Fsp3) is 0.385. The highest BCUT2D eigenvalue weighted by molar-refractivity contribution is 9.10. The molecule has 4 nitrogen and oxygen atoms in total. The predicted octanol–water partition coefficient (Wildman–Crippen LogP) is 2.65. The van der Waals surface area contributed by atoms with Gasteiger partial charge in [0.15, 0.2) is 0 Å². The fourth-order valence-corrected chi connectivity index (χ4v) is 2.38. The van der Waals surface area contributed by atoms with Gasteiger partial charge in [-0.05, 0) is 41.4 Å². The molecule has 1 N–H and O–H groups in total. The van der Waals surface area contributed by atoms with Crippen LogP contribution in [0.4, 0.5) is 0 Å². The molecule has 0 bridgehead atoms. The van der Waals surface area contributed by atoms with Crippen molar-refractivity contribution in [2.45, 2.75) is 32.9 Å². The Kier molecular flexibility index (Phi) is 4.14. The number of rotatable bonds is 4. The first kappa shape index (κ1) is 13.2. The lowest BCUT2D eigenvalue weighted by Crippen LogP contribution is -2.09. The molecule has 1 unspecified atom stereocenters. The highest BCUT2D eigenvalue weighted by atomic mass is 79.9. The monoisotopic (exact) mass is 309 g/mol. The second-order valence-corrected chi connectivity index (χ2v) is 4.96. The molecule has 2 aromatic heterocycles. The van der Waals surface area contributed by atoms with Crippen LogP contribution in [0.5, 0.6) is 0 Å². The zero-order chi connectivity index (χ0) is 13.1. The predicted molar refractivity (Wildman–Crippen MR) is 73.2 cm³/mol. The van der Waals surface area contributed by atoms with Crippen molar-refractivity contribution in [3.8, 4) is 0 Å². The molecule has 0 saturated heterocycles. The van der Waals surface area contributed by atoms with Crippen molar-refractivity contribution >= 4 is 15.9 Å². The number of nitrogens with zero attached hydrogens (tertiary/aromatic N) is 3. The maximum absolute atomic E-state index is 10.2. The van der Waals surface area contributed by atoms with Gasteiger partial charge in [0, 0.05) is 25.4 Å². The van der Waals surface area contributed by atoms with E-state index in [4.69, 9.17) is 0 Å². The van der Waals surface area contributed by atoms with Crippen LogP contribution in [0, 0.1) is 6.92 Å².